The van der Waals surface area contributed by atoms with Crippen LogP contribution in [0, 0.1) is 0 Å². The van der Waals surface area contributed by atoms with Crippen LogP contribution in [0.3, 0.4) is 0 Å². The Labute approximate surface area is 70.2 Å². The zero-order valence-corrected chi connectivity index (χ0v) is 7.52. The first-order valence-electron chi connectivity index (χ1n) is 3.43. The van der Waals surface area contributed by atoms with Gasteiger partial charge in [-0.05, 0) is 6.92 Å². The normalized spacial score (nSPS) is 13.4. The first kappa shape index (κ1) is 8.64. The van der Waals surface area contributed by atoms with Crippen LogP contribution in [-0.2, 0) is 11.3 Å². The van der Waals surface area contributed by atoms with Crippen molar-refractivity contribution in [3.63, 3.8) is 0 Å². The number of hydrogen-bond donors (Lipinski definition) is 1. The molecule has 1 atom stereocenters. The molecule has 1 aromatic rings. The van der Waals surface area contributed by atoms with Gasteiger partial charge in [0.2, 0.25) is 0 Å². The van der Waals surface area contributed by atoms with Crippen LogP contribution in [0.25, 0.3) is 0 Å². The van der Waals surface area contributed by atoms with Crippen molar-refractivity contribution in [2.75, 3.05) is 7.11 Å². The number of ether oxygens (including phenoxy) is 1. The summed E-state index contributed by atoms with van der Waals surface area (Å²) in [5.74, 6) is 0. The highest BCUT2D eigenvalue weighted by Crippen LogP contribution is 2.14. The largest absolute Gasteiger partial charge is 0.378 e. The monoisotopic (exact) mass is 172 g/mol. The SMILES string of the molecule is COCc1nc(C(C)N)cs1. The molecule has 3 nitrogen and oxygen atoms in total. The fourth-order valence-corrected chi connectivity index (χ4v) is 1.59. The van der Waals surface area contributed by atoms with E-state index in [1.54, 1.807) is 18.4 Å². The standard InChI is InChI=1S/C7H12N2OS/c1-5(8)6-4-11-7(9-6)3-10-2/h4-5H,3,8H2,1-2H3. The Bertz CT molecular complexity index is 222. The van der Waals surface area contributed by atoms with Gasteiger partial charge in [0.1, 0.15) is 5.01 Å². The number of nitrogens with zero attached hydrogens (tertiary/aromatic N) is 1. The lowest BCUT2D eigenvalue weighted by molar-refractivity contribution is 0.184. The fourth-order valence-electron chi connectivity index (χ4n) is 0.724. The molecule has 11 heavy (non-hydrogen) atoms. The first-order chi connectivity index (χ1) is 5.24. The van der Waals surface area contributed by atoms with Crippen molar-refractivity contribution < 1.29 is 4.74 Å². The van der Waals surface area contributed by atoms with Crippen LogP contribution in [0.5, 0.6) is 0 Å². The average molecular weight is 172 g/mol. The van der Waals surface area contributed by atoms with E-state index in [-0.39, 0.29) is 6.04 Å². The topological polar surface area (TPSA) is 48.1 Å². The molecule has 0 aliphatic rings. The maximum absolute atomic E-state index is 5.63. The Morgan fingerprint density at radius 1 is 1.82 bits per heavy atom. The Balaban J connectivity index is 2.66. The van der Waals surface area contributed by atoms with Gasteiger partial charge in [-0.25, -0.2) is 4.98 Å². The van der Waals surface area contributed by atoms with Gasteiger partial charge >= 0.3 is 0 Å². The fraction of sp³-hybridized carbons (Fsp3) is 0.571. The lowest BCUT2D eigenvalue weighted by Crippen LogP contribution is -2.05. The third-order valence-electron chi connectivity index (χ3n) is 1.30. The van der Waals surface area contributed by atoms with E-state index in [2.05, 4.69) is 4.98 Å². The number of hydrogen-bond acceptors (Lipinski definition) is 4. The molecule has 0 aromatic carbocycles. The lowest BCUT2D eigenvalue weighted by atomic mass is 10.3. The zero-order chi connectivity index (χ0) is 8.27. The number of rotatable bonds is 3. The highest BCUT2D eigenvalue weighted by molar-refractivity contribution is 7.09. The molecule has 0 saturated heterocycles. The van der Waals surface area contributed by atoms with Crippen LogP contribution in [0.4, 0.5) is 0 Å². The molecule has 0 bridgehead atoms. The van der Waals surface area contributed by atoms with Crippen molar-refractivity contribution in [1.82, 2.24) is 4.98 Å². The molecule has 1 aromatic heterocycles. The molecular weight excluding hydrogens is 160 g/mol. The van der Waals surface area contributed by atoms with Crippen LogP contribution in [0.2, 0.25) is 0 Å². The maximum atomic E-state index is 5.63. The molecule has 0 saturated carbocycles. The number of aromatic nitrogens is 1. The molecule has 1 heterocycles. The van der Waals surface area contributed by atoms with Crippen molar-refractivity contribution in [1.29, 1.82) is 0 Å². The Hall–Kier alpha value is -0.450. The van der Waals surface area contributed by atoms with Crippen LogP contribution >= 0.6 is 11.3 Å². The predicted octanol–water partition coefficient (Wildman–Crippen LogP) is 1.31. The minimum Gasteiger partial charge on any atom is -0.378 e. The Kier molecular flexibility index (Phi) is 2.99. The summed E-state index contributed by atoms with van der Waals surface area (Å²) in [5, 5.41) is 2.96. The summed E-state index contributed by atoms with van der Waals surface area (Å²) in [6.45, 7) is 2.50. The van der Waals surface area contributed by atoms with E-state index >= 15 is 0 Å². The molecule has 0 aliphatic carbocycles. The molecule has 0 radical (unpaired) electrons. The zero-order valence-electron chi connectivity index (χ0n) is 6.70. The second-order valence-corrected chi connectivity index (χ2v) is 3.33. The minimum atomic E-state index is 0.0249. The second-order valence-electron chi connectivity index (χ2n) is 2.39. The van der Waals surface area contributed by atoms with Gasteiger partial charge in [0.15, 0.2) is 0 Å². The van der Waals surface area contributed by atoms with Crippen LogP contribution in [-0.4, -0.2) is 12.1 Å². The van der Waals surface area contributed by atoms with E-state index < -0.39 is 0 Å². The van der Waals surface area contributed by atoms with Gasteiger partial charge in [0.05, 0.1) is 12.3 Å². The second kappa shape index (κ2) is 3.80. The molecule has 4 heteroatoms. The number of nitrogens with two attached hydrogens (primary N) is 1. The highest BCUT2D eigenvalue weighted by atomic mass is 32.1. The average Bonchev–Trinajstić information content (AvgIpc) is 2.37. The van der Waals surface area contributed by atoms with Crippen molar-refractivity contribution in [2.24, 2.45) is 5.73 Å². The van der Waals surface area contributed by atoms with E-state index in [1.165, 1.54) is 0 Å². The highest BCUT2D eigenvalue weighted by Gasteiger charge is 2.04. The van der Waals surface area contributed by atoms with Crippen molar-refractivity contribution in [3.8, 4) is 0 Å². The third-order valence-corrected chi connectivity index (χ3v) is 2.14. The molecule has 0 aliphatic heterocycles. The molecule has 1 unspecified atom stereocenters. The van der Waals surface area contributed by atoms with Crippen molar-refractivity contribution >= 4 is 11.3 Å². The van der Waals surface area contributed by atoms with E-state index in [0.29, 0.717) is 6.61 Å². The molecule has 0 amide bonds. The summed E-state index contributed by atoms with van der Waals surface area (Å²) in [5.41, 5.74) is 6.57. The van der Waals surface area contributed by atoms with Gasteiger partial charge in [-0.3, -0.25) is 0 Å². The molecule has 2 N–H and O–H groups in total. The number of methoxy groups -OCH3 is 1. The van der Waals surface area contributed by atoms with Gasteiger partial charge in [0.25, 0.3) is 0 Å². The van der Waals surface area contributed by atoms with Crippen LogP contribution in [0.1, 0.15) is 23.7 Å². The molecule has 0 fully saturated rings. The van der Waals surface area contributed by atoms with E-state index in [9.17, 15) is 0 Å². The summed E-state index contributed by atoms with van der Waals surface area (Å²) in [7, 11) is 1.66. The van der Waals surface area contributed by atoms with E-state index in [1.807, 2.05) is 12.3 Å². The van der Waals surface area contributed by atoms with E-state index in [0.717, 1.165) is 10.7 Å². The molecule has 0 spiro atoms. The van der Waals surface area contributed by atoms with Gasteiger partial charge in [-0.15, -0.1) is 11.3 Å². The smallest absolute Gasteiger partial charge is 0.119 e. The van der Waals surface area contributed by atoms with Gasteiger partial charge in [0, 0.05) is 18.5 Å². The number of thiazole rings is 1. The van der Waals surface area contributed by atoms with E-state index in [4.69, 9.17) is 10.5 Å². The van der Waals surface area contributed by atoms with Gasteiger partial charge < -0.3 is 10.5 Å². The maximum Gasteiger partial charge on any atom is 0.119 e. The summed E-state index contributed by atoms with van der Waals surface area (Å²) in [4.78, 5) is 4.27. The van der Waals surface area contributed by atoms with Crippen LogP contribution < -0.4 is 5.73 Å². The summed E-state index contributed by atoms with van der Waals surface area (Å²) in [6.07, 6.45) is 0. The Morgan fingerprint density at radius 2 is 2.55 bits per heavy atom. The lowest BCUT2D eigenvalue weighted by Gasteiger charge is -1.97. The molecule has 1 rings (SSSR count). The third kappa shape index (κ3) is 2.25. The van der Waals surface area contributed by atoms with Gasteiger partial charge in [-0.1, -0.05) is 0 Å². The molecule has 62 valence electrons. The Morgan fingerprint density at radius 3 is 3.00 bits per heavy atom. The summed E-state index contributed by atoms with van der Waals surface area (Å²) in [6, 6.07) is 0.0249. The van der Waals surface area contributed by atoms with Crippen molar-refractivity contribution in [2.45, 2.75) is 19.6 Å². The predicted molar refractivity (Wildman–Crippen MR) is 45.4 cm³/mol. The summed E-state index contributed by atoms with van der Waals surface area (Å²) < 4.78 is 4.93. The van der Waals surface area contributed by atoms with Crippen molar-refractivity contribution in [3.05, 3.63) is 16.1 Å². The summed E-state index contributed by atoms with van der Waals surface area (Å²) >= 11 is 1.59. The minimum absolute atomic E-state index is 0.0249. The van der Waals surface area contributed by atoms with Crippen LogP contribution in [0.15, 0.2) is 5.38 Å². The molecular formula is C7H12N2OS. The van der Waals surface area contributed by atoms with Gasteiger partial charge in [-0.2, -0.15) is 0 Å². The first-order valence-corrected chi connectivity index (χ1v) is 4.31. The quantitative estimate of drug-likeness (QED) is 0.747.